The first-order valence-corrected chi connectivity index (χ1v) is 5.10. The first kappa shape index (κ1) is 10.4. The van der Waals surface area contributed by atoms with Gasteiger partial charge in [-0.2, -0.15) is 0 Å². The zero-order valence-corrected chi connectivity index (χ0v) is 9.21. The first-order valence-electron chi connectivity index (χ1n) is 4.73. The Balaban J connectivity index is 2.20. The van der Waals surface area contributed by atoms with Crippen LogP contribution in [-0.4, -0.2) is 28.7 Å². The fraction of sp³-hybridized carbons (Fsp3) is 0.556. The molecule has 0 spiro atoms. The third-order valence-corrected chi connectivity index (χ3v) is 2.78. The summed E-state index contributed by atoms with van der Waals surface area (Å²) in [5.74, 6) is 0.572. The largest absolute Gasteiger partial charge is 0.393 e. The molecule has 15 heavy (non-hydrogen) atoms. The predicted octanol–water partition coefficient (Wildman–Crippen LogP) is 1.30. The molecule has 1 aliphatic heterocycles. The normalized spacial score (nSPS) is 25.5. The number of nitrogens with one attached hydrogen (secondary N) is 1. The van der Waals surface area contributed by atoms with E-state index in [0.717, 1.165) is 13.0 Å². The Bertz CT molecular complexity index is 365. The molecule has 0 aromatic carbocycles. The van der Waals surface area contributed by atoms with Gasteiger partial charge in [-0.3, -0.25) is 0 Å². The van der Waals surface area contributed by atoms with E-state index in [2.05, 4.69) is 22.2 Å². The van der Waals surface area contributed by atoms with Crippen LogP contribution in [0.15, 0.2) is 6.33 Å². The number of nitrogens with two attached hydrogens (primary N) is 1. The quantitative estimate of drug-likeness (QED) is 0.747. The Morgan fingerprint density at radius 1 is 1.60 bits per heavy atom. The van der Waals surface area contributed by atoms with Crippen LogP contribution in [0.3, 0.4) is 0 Å². The molecule has 82 valence electrons. The maximum absolute atomic E-state index is 5.80. The van der Waals surface area contributed by atoms with Gasteiger partial charge >= 0.3 is 0 Å². The summed E-state index contributed by atoms with van der Waals surface area (Å²) in [4.78, 5) is 7.86. The summed E-state index contributed by atoms with van der Waals surface area (Å²) >= 11 is 5.80. The fourth-order valence-electron chi connectivity index (χ4n) is 1.53. The summed E-state index contributed by atoms with van der Waals surface area (Å²) < 4.78 is 5.32. The van der Waals surface area contributed by atoms with Crippen molar-refractivity contribution < 1.29 is 4.74 Å². The summed E-state index contributed by atoms with van der Waals surface area (Å²) in [6.45, 7) is 3.46. The van der Waals surface area contributed by atoms with Gasteiger partial charge in [0.2, 0.25) is 0 Å². The maximum Gasteiger partial charge on any atom is 0.157 e. The Kier molecular flexibility index (Phi) is 2.67. The van der Waals surface area contributed by atoms with Gasteiger partial charge in [0.05, 0.1) is 12.1 Å². The van der Waals surface area contributed by atoms with Gasteiger partial charge in [0.25, 0.3) is 0 Å². The predicted molar refractivity (Wildman–Crippen MR) is 58.9 cm³/mol. The average Bonchev–Trinajstić information content (AvgIpc) is 2.60. The Morgan fingerprint density at radius 2 is 2.40 bits per heavy atom. The number of rotatable bonds is 2. The summed E-state index contributed by atoms with van der Waals surface area (Å²) in [6.07, 6.45) is 2.31. The maximum atomic E-state index is 5.80. The van der Waals surface area contributed by atoms with Crippen molar-refractivity contribution in [2.24, 2.45) is 0 Å². The highest BCUT2D eigenvalue weighted by Gasteiger charge is 2.30. The summed E-state index contributed by atoms with van der Waals surface area (Å²) in [7, 11) is 0. The molecule has 2 heterocycles. The van der Waals surface area contributed by atoms with Crippen LogP contribution in [0.1, 0.15) is 13.3 Å². The van der Waals surface area contributed by atoms with Crippen molar-refractivity contribution in [1.82, 2.24) is 9.97 Å². The minimum absolute atomic E-state index is 0.119. The van der Waals surface area contributed by atoms with E-state index in [1.54, 1.807) is 0 Å². The topological polar surface area (TPSA) is 73.1 Å². The molecule has 6 heteroatoms. The highest BCUT2D eigenvalue weighted by atomic mass is 35.5. The van der Waals surface area contributed by atoms with Gasteiger partial charge in [-0.1, -0.05) is 11.6 Å². The number of hydrogen-bond acceptors (Lipinski definition) is 5. The van der Waals surface area contributed by atoms with E-state index in [0.29, 0.717) is 18.1 Å². The van der Waals surface area contributed by atoms with E-state index >= 15 is 0 Å². The van der Waals surface area contributed by atoms with Crippen molar-refractivity contribution in [3.8, 4) is 0 Å². The van der Waals surface area contributed by atoms with E-state index in [9.17, 15) is 0 Å². The van der Waals surface area contributed by atoms with E-state index in [4.69, 9.17) is 22.1 Å². The van der Waals surface area contributed by atoms with E-state index < -0.39 is 0 Å². The number of ether oxygens (including phenoxy) is 1. The minimum Gasteiger partial charge on any atom is -0.393 e. The highest BCUT2D eigenvalue weighted by molar-refractivity contribution is 6.32. The van der Waals surface area contributed by atoms with Crippen molar-refractivity contribution >= 4 is 23.1 Å². The Morgan fingerprint density at radius 3 is 3.07 bits per heavy atom. The number of nitrogen functional groups attached to an aromatic ring is 1. The van der Waals surface area contributed by atoms with Crippen molar-refractivity contribution in [2.45, 2.75) is 18.9 Å². The number of nitrogens with zero attached hydrogens (tertiary/aromatic N) is 2. The zero-order valence-electron chi connectivity index (χ0n) is 8.46. The Hall–Kier alpha value is -1.07. The molecular formula is C9H13ClN4O. The van der Waals surface area contributed by atoms with Crippen LogP contribution in [0.4, 0.5) is 11.5 Å². The molecule has 5 nitrogen and oxygen atoms in total. The zero-order chi connectivity index (χ0) is 10.9. The van der Waals surface area contributed by atoms with Gasteiger partial charge in [-0.25, -0.2) is 9.97 Å². The lowest BCUT2D eigenvalue weighted by Gasteiger charge is -2.24. The van der Waals surface area contributed by atoms with Crippen molar-refractivity contribution in [3.63, 3.8) is 0 Å². The van der Waals surface area contributed by atoms with Crippen LogP contribution in [0.25, 0.3) is 0 Å². The third-order valence-electron chi connectivity index (χ3n) is 2.47. The van der Waals surface area contributed by atoms with Crippen molar-refractivity contribution in [2.75, 3.05) is 24.3 Å². The molecule has 0 amide bonds. The molecule has 1 saturated heterocycles. The minimum atomic E-state index is -0.119. The van der Waals surface area contributed by atoms with Crippen LogP contribution in [0.5, 0.6) is 0 Å². The number of halogens is 1. The molecule has 1 aromatic rings. The molecule has 0 saturated carbocycles. The molecule has 3 N–H and O–H groups in total. The molecule has 1 fully saturated rings. The van der Waals surface area contributed by atoms with Crippen molar-refractivity contribution in [1.29, 1.82) is 0 Å². The smallest absolute Gasteiger partial charge is 0.157 e. The van der Waals surface area contributed by atoms with Crippen LogP contribution in [-0.2, 0) is 4.74 Å². The number of aromatic nitrogens is 2. The van der Waals surface area contributed by atoms with Crippen LogP contribution < -0.4 is 11.1 Å². The first-order chi connectivity index (χ1) is 7.11. The van der Waals surface area contributed by atoms with Crippen LogP contribution >= 0.6 is 11.6 Å². The lowest BCUT2D eigenvalue weighted by molar-refractivity contribution is 0.185. The lowest BCUT2D eigenvalue weighted by Crippen LogP contribution is -2.35. The second-order valence-corrected chi connectivity index (χ2v) is 4.27. The molecule has 0 aliphatic carbocycles. The van der Waals surface area contributed by atoms with Gasteiger partial charge < -0.3 is 15.8 Å². The number of hydrogen-bond donors (Lipinski definition) is 2. The fourth-order valence-corrected chi connectivity index (χ4v) is 1.66. The lowest BCUT2D eigenvalue weighted by atomic mass is 10.0. The summed E-state index contributed by atoms with van der Waals surface area (Å²) in [5.41, 5.74) is 6.02. The van der Waals surface area contributed by atoms with Gasteiger partial charge in [-0.05, 0) is 13.3 Å². The van der Waals surface area contributed by atoms with Gasteiger partial charge in [0.15, 0.2) is 11.0 Å². The average molecular weight is 229 g/mol. The molecule has 0 bridgehead atoms. The number of anilines is 2. The van der Waals surface area contributed by atoms with Gasteiger partial charge in [0, 0.05) is 6.61 Å². The monoisotopic (exact) mass is 228 g/mol. The second kappa shape index (κ2) is 3.83. The highest BCUT2D eigenvalue weighted by Crippen LogP contribution is 2.28. The van der Waals surface area contributed by atoms with E-state index in [1.807, 2.05) is 0 Å². The van der Waals surface area contributed by atoms with Gasteiger partial charge in [-0.15, -0.1) is 0 Å². The standard InChI is InChI=1S/C9H13ClN4O/c1-9(2-3-15-4-9)14-8-6(11)7(10)12-5-13-8/h5H,2-4,11H2,1H3,(H,12,13,14). The second-order valence-electron chi connectivity index (χ2n) is 3.92. The summed E-state index contributed by atoms with van der Waals surface area (Å²) in [5, 5.41) is 3.51. The van der Waals surface area contributed by atoms with E-state index in [1.165, 1.54) is 6.33 Å². The SMILES string of the molecule is CC1(Nc2ncnc(Cl)c2N)CCOC1. The third kappa shape index (κ3) is 2.13. The summed E-state index contributed by atoms with van der Waals surface area (Å²) in [6, 6.07) is 0. The van der Waals surface area contributed by atoms with Crippen LogP contribution in [0.2, 0.25) is 5.15 Å². The molecule has 1 aliphatic rings. The molecular weight excluding hydrogens is 216 g/mol. The van der Waals surface area contributed by atoms with E-state index in [-0.39, 0.29) is 10.7 Å². The molecule has 2 rings (SSSR count). The molecule has 1 atom stereocenters. The van der Waals surface area contributed by atoms with Crippen molar-refractivity contribution in [3.05, 3.63) is 11.5 Å². The molecule has 0 radical (unpaired) electrons. The molecule has 1 aromatic heterocycles. The Labute approximate surface area is 93.0 Å². The molecule has 1 unspecified atom stereocenters. The van der Waals surface area contributed by atoms with Gasteiger partial charge in [0.1, 0.15) is 12.0 Å². The van der Waals surface area contributed by atoms with Crippen LogP contribution in [0, 0.1) is 0 Å².